The molecule has 1 aromatic carbocycles. The number of aromatic amines is 1. The van der Waals surface area contributed by atoms with E-state index in [0.717, 1.165) is 18.9 Å². The molecular weight excluding hydrogens is 997 g/mol. The number of thioether (sulfide) groups is 1. The molecule has 6 N–H and O–H groups in total. The number of carbonyl (C=O) groups is 4. The van der Waals surface area contributed by atoms with Crippen molar-refractivity contribution >= 4 is 86.7 Å². The van der Waals surface area contributed by atoms with Gasteiger partial charge in [0.15, 0.2) is 25.0 Å². The quantitative estimate of drug-likeness (QED) is 0.0835. The van der Waals surface area contributed by atoms with Gasteiger partial charge < -0.3 is 58.8 Å². The van der Waals surface area contributed by atoms with E-state index < -0.39 is 97.8 Å². The van der Waals surface area contributed by atoms with E-state index in [2.05, 4.69) is 44.3 Å². The molecule has 2 aromatic heterocycles. The molecule has 22 heteroatoms. The molecule has 10 atom stereocenters. The fourth-order valence-corrected chi connectivity index (χ4v) is 10.7. The number of aliphatic hydroxyl groups is 2. The van der Waals surface area contributed by atoms with Crippen LogP contribution in [0.4, 0.5) is 4.79 Å². The Morgan fingerprint density at radius 1 is 1.14 bits per heavy atom. The minimum Gasteiger partial charge on any atom is -0.482 e. The molecule has 1 amide bonds. The van der Waals surface area contributed by atoms with Gasteiger partial charge in [0.2, 0.25) is 5.78 Å². The normalized spacial score (nSPS) is 27.0. The van der Waals surface area contributed by atoms with Gasteiger partial charge in [-0.05, 0) is 90.7 Å². The lowest BCUT2D eigenvalue weighted by Crippen LogP contribution is -2.68. The molecule has 0 radical (unpaired) electrons. The number of alkyl carbamates (subject to hydrolysis) is 1. The summed E-state index contributed by atoms with van der Waals surface area (Å²) in [6, 6.07) is 6.51. The molecule has 382 valence electrons. The number of methoxy groups -OCH3 is 2. The van der Waals surface area contributed by atoms with Gasteiger partial charge in [0.1, 0.15) is 34.5 Å². The lowest BCUT2D eigenvalue weighted by atomic mass is 9.82. The second-order valence-corrected chi connectivity index (χ2v) is 25.5. The Hall–Kier alpha value is -4.79. The molecule has 71 heavy (non-hydrogen) atoms. The summed E-state index contributed by atoms with van der Waals surface area (Å²) in [6.45, 7) is 6.81. The van der Waals surface area contributed by atoms with Gasteiger partial charge in [-0.3, -0.25) is 19.9 Å². The van der Waals surface area contributed by atoms with Gasteiger partial charge in [0, 0.05) is 59.8 Å². The molecular formula is C49H58N4O14S4. The number of carboxylic acid groups (broad SMARTS) is 1. The van der Waals surface area contributed by atoms with E-state index in [1.54, 1.807) is 63.8 Å². The number of aliphatic hydroxyl groups excluding tert-OH is 2. The zero-order valence-corrected chi connectivity index (χ0v) is 43.6. The van der Waals surface area contributed by atoms with Crippen LogP contribution in [0.3, 0.4) is 0 Å². The Balaban J connectivity index is 1.51. The molecule has 4 heterocycles. The molecule has 2 saturated heterocycles. The molecule has 3 aliphatic rings. The van der Waals surface area contributed by atoms with Gasteiger partial charge >= 0.3 is 12.1 Å². The van der Waals surface area contributed by atoms with Crippen LogP contribution < -0.4 is 15.4 Å². The van der Waals surface area contributed by atoms with Crippen molar-refractivity contribution < 1.29 is 67.7 Å². The molecule has 6 rings (SSSR count). The highest BCUT2D eigenvalue weighted by molar-refractivity contribution is 8.56. The van der Waals surface area contributed by atoms with Crippen LogP contribution in [-0.2, 0) is 67.5 Å². The summed E-state index contributed by atoms with van der Waals surface area (Å²) in [6.07, 6.45) is -2.46. The van der Waals surface area contributed by atoms with Crippen molar-refractivity contribution in [2.45, 2.75) is 107 Å². The predicted octanol–water partition coefficient (Wildman–Crippen LogP) is 3.63. The van der Waals surface area contributed by atoms with Gasteiger partial charge in [-0.1, -0.05) is 44.8 Å². The number of pyridine rings is 1. The average Bonchev–Trinajstić information content (AvgIpc) is 3.70. The number of nitrogens with one attached hydrogen (secondary N) is 3. The van der Waals surface area contributed by atoms with Gasteiger partial charge in [0.25, 0.3) is 0 Å². The number of carboxylic acids is 1. The molecule has 0 bridgehead atoms. The Labute approximate surface area is 425 Å². The lowest BCUT2D eigenvalue weighted by Gasteiger charge is -2.51. The third-order valence-electron chi connectivity index (χ3n) is 12.0. The number of fused-ring (bicyclic) bond motifs is 3. The third-order valence-corrected chi connectivity index (χ3v) is 15.0. The summed E-state index contributed by atoms with van der Waals surface area (Å²) < 4.78 is 40.9. The molecule has 0 spiro atoms. The molecule has 2 aliphatic heterocycles. The maximum absolute atomic E-state index is 15.5. The summed E-state index contributed by atoms with van der Waals surface area (Å²) in [7, 11) is 0.630. The molecule has 8 unspecified atom stereocenters. The first-order valence-corrected chi connectivity index (χ1v) is 27.7. The standard InChI is InChI=1S/C49H58N4O14S4/c1-9-10-11-12-13-14-36(40-30(18-20-71(8,68)69)34(54)22-35(55)42(40)53-48(60)62-6)66-47-44(67-39-23-37(61-5)33(24-64-39)51-26(2)3)46(59)49(70-7,27(4)65-47)45(58)43-41-29(17-19-50-43)31-21-28(63-25-38(56)57)15-16-32(31)52-41/h11-12,15-19,21,26-27,33-34,36-37,39,44,46-47,51-52,54,59H,20,22-25H2,1-8H3,(H,53,60)(H,56,57)/b12-11-,30-18-/t27?,33?,34-,36-,37?,39?,44?,46?,47?,49?/m0/s1. The number of benzene rings is 1. The largest absolute Gasteiger partial charge is 0.482 e. The number of ether oxygens (including phenoxy) is 7. The van der Waals surface area contributed by atoms with Crippen LogP contribution in [0.25, 0.3) is 21.8 Å². The Morgan fingerprint density at radius 3 is 2.55 bits per heavy atom. The number of aliphatic carboxylic acids is 1. The number of rotatable bonds is 17. The predicted molar refractivity (Wildman–Crippen MR) is 274 cm³/mol. The number of carbonyl (C=O) groups excluding carboxylic acids is 3. The first-order chi connectivity index (χ1) is 33.8. The highest BCUT2D eigenvalue weighted by Gasteiger charge is 2.61. The summed E-state index contributed by atoms with van der Waals surface area (Å²) >= 11 is 12.2. The molecule has 18 nitrogen and oxygen atoms in total. The van der Waals surface area contributed by atoms with E-state index in [1.807, 2.05) is 13.8 Å². The lowest BCUT2D eigenvalue weighted by molar-refractivity contribution is -0.323. The minimum atomic E-state index is -2.06. The molecule has 2 fully saturated rings. The van der Waals surface area contributed by atoms with Crippen LogP contribution in [0.15, 0.2) is 65.5 Å². The zero-order valence-electron chi connectivity index (χ0n) is 40.3. The highest BCUT2D eigenvalue weighted by atomic mass is 33.1. The number of allylic oxidation sites excluding steroid dienone is 3. The van der Waals surface area contributed by atoms with Crippen LogP contribution in [-0.4, -0.2) is 161 Å². The van der Waals surface area contributed by atoms with Gasteiger partial charge in [-0.25, -0.2) is 9.59 Å². The van der Waals surface area contributed by atoms with E-state index in [4.69, 9.17) is 55.5 Å². The van der Waals surface area contributed by atoms with E-state index in [9.17, 15) is 29.7 Å². The first-order valence-electron chi connectivity index (χ1n) is 22.4. The monoisotopic (exact) mass is 1050 g/mol. The van der Waals surface area contributed by atoms with Crippen molar-refractivity contribution in [3.05, 3.63) is 71.2 Å². The SMILES string of the molecule is CC#C/C=C\C#C[C@H](OC1OC(C)C(SC)(C(=O)c2nccc3c2[nH]c2ccc(OCC(=O)O)cc23)C(O)C1OC1CC(OC)C(NC(C)C)CO1)C1=C(NC(=O)OC)C(=O)C[C@H](O)/C1=C/CS(C)(=S)=S. The second-order valence-electron chi connectivity index (χ2n) is 17.1. The van der Waals surface area contributed by atoms with Crippen LogP contribution in [0.5, 0.6) is 5.75 Å². The number of ketones is 2. The number of Topliss-reactive ketones (excluding diaryl/α,β-unsaturated/α-hetero) is 2. The number of H-pyrrole nitrogens is 1. The average molecular weight is 1060 g/mol. The first kappa shape index (κ1) is 55.5. The van der Waals surface area contributed by atoms with E-state index in [0.29, 0.717) is 27.6 Å². The summed E-state index contributed by atoms with van der Waals surface area (Å²) in [4.78, 5) is 61.3. The maximum Gasteiger partial charge on any atom is 0.411 e. The second kappa shape index (κ2) is 24.3. The molecule has 3 aromatic rings. The fourth-order valence-electron chi connectivity index (χ4n) is 8.73. The van der Waals surface area contributed by atoms with Crippen LogP contribution >= 0.6 is 11.8 Å². The van der Waals surface area contributed by atoms with E-state index in [-0.39, 0.29) is 53.4 Å². The van der Waals surface area contributed by atoms with Crippen molar-refractivity contribution in [3.8, 4) is 29.4 Å². The number of aromatic nitrogens is 2. The van der Waals surface area contributed by atoms with Crippen molar-refractivity contribution in [1.29, 1.82) is 0 Å². The van der Waals surface area contributed by atoms with Crippen molar-refractivity contribution in [3.63, 3.8) is 0 Å². The summed E-state index contributed by atoms with van der Waals surface area (Å²) in [5.74, 6) is 9.37. The summed E-state index contributed by atoms with van der Waals surface area (Å²) in [5.41, 5.74) is 0.700. The summed E-state index contributed by atoms with van der Waals surface area (Å²) in [5, 5.41) is 40.9. The minimum absolute atomic E-state index is 0.0406. The molecule has 1 aliphatic carbocycles. The van der Waals surface area contributed by atoms with E-state index in [1.165, 1.54) is 18.3 Å². The Bertz CT molecular complexity index is 2840. The van der Waals surface area contributed by atoms with Crippen LogP contribution in [0, 0.1) is 23.7 Å². The third kappa shape index (κ3) is 12.9. The number of nitrogens with zero attached hydrogens (tertiary/aromatic N) is 1. The Morgan fingerprint density at radius 2 is 1.89 bits per heavy atom. The topological polar surface area (TPSA) is 246 Å². The van der Waals surface area contributed by atoms with Gasteiger partial charge in [0.05, 0.1) is 49.3 Å². The number of amides is 1. The molecule has 0 saturated carbocycles. The van der Waals surface area contributed by atoms with E-state index >= 15 is 4.79 Å². The van der Waals surface area contributed by atoms with Crippen molar-refractivity contribution in [2.24, 2.45) is 0 Å². The smallest absolute Gasteiger partial charge is 0.411 e. The van der Waals surface area contributed by atoms with Gasteiger partial charge in [-0.2, -0.15) is 0 Å². The number of hydrogen-bond acceptors (Lipinski definition) is 18. The van der Waals surface area contributed by atoms with Crippen molar-refractivity contribution in [1.82, 2.24) is 20.6 Å². The maximum atomic E-state index is 15.5. The van der Waals surface area contributed by atoms with Gasteiger partial charge in [-0.15, -0.1) is 17.7 Å². The van der Waals surface area contributed by atoms with Crippen molar-refractivity contribution in [2.75, 3.05) is 45.7 Å². The number of hydrogen-bond donors (Lipinski definition) is 6. The Kier molecular flexibility index (Phi) is 19.0. The van der Waals surface area contributed by atoms with Crippen LogP contribution in [0.1, 0.15) is 51.0 Å². The highest BCUT2D eigenvalue weighted by Crippen LogP contribution is 2.46. The zero-order chi connectivity index (χ0) is 51.8. The van der Waals surface area contributed by atoms with Crippen LogP contribution in [0.2, 0.25) is 0 Å². The fraction of sp³-hybridized carbons (Fsp3) is 0.490.